The first-order valence-corrected chi connectivity index (χ1v) is 6.66. The summed E-state index contributed by atoms with van der Waals surface area (Å²) in [6.45, 7) is 5.20. The van der Waals surface area contributed by atoms with Crippen molar-refractivity contribution in [1.29, 1.82) is 0 Å². The van der Waals surface area contributed by atoms with E-state index in [1.54, 1.807) is 0 Å². The van der Waals surface area contributed by atoms with Gasteiger partial charge in [-0.15, -0.1) is 24.8 Å². The number of nitrogens with zero attached hydrogens (tertiary/aromatic N) is 5. The molecule has 0 aromatic carbocycles. The lowest BCUT2D eigenvalue weighted by Crippen LogP contribution is -2.46. The van der Waals surface area contributed by atoms with E-state index in [2.05, 4.69) is 30.4 Å². The standard InChI is InChI=1S/C14H19N5.2ClH/c1-17-6-5-16-14(17)19-9-7-18(8-10-19)12-13-3-2-4-15-11-13;;/h2-6,11H,7-10,12H2,1H3;2*1H. The largest absolute Gasteiger partial charge is 0.340 e. The topological polar surface area (TPSA) is 37.2 Å². The fourth-order valence-corrected chi connectivity index (χ4v) is 2.52. The van der Waals surface area contributed by atoms with Gasteiger partial charge in [-0.25, -0.2) is 4.98 Å². The number of anilines is 1. The van der Waals surface area contributed by atoms with Crippen molar-refractivity contribution in [2.45, 2.75) is 6.54 Å². The van der Waals surface area contributed by atoms with Crippen LogP contribution < -0.4 is 4.90 Å². The lowest BCUT2D eigenvalue weighted by Gasteiger charge is -2.35. The van der Waals surface area contributed by atoms with Crippen molar-refractivity contribution in [2.75, 3.05) is 31.1 Å². The number of hydrogen-bond donors (Lipinski definition) is 0. The molecule has 1 aliphatic heterocycles. The van der Waals surface area contributed by atoms with Crippen LogP contribution in [0, 0.1) is 0 Å². The average Bonchev–Trinajstić information content (AvgIpc) is 2.87. The second-order valence-corrected chi connectivity index (χ2v) is 4.96. The Bertz CT molecular complexity index is 523. The van der Waals surface area contributed by atoms with Crippen LogP contribution in [0.3, 0.4) is 0 Å². The van der Waals surface area contributed by atoms with Crippen molar-refractivity contribution < 1.29 is 0 Å². The van der Waals surface area contributed by atoms with Gasteiger partial charge in [-0.05, 0) is 11.6 Å². The molecule has 21 heavy (non-hydrogen) atoms. The summed E-state index contributed by atoms with van der Waals surface area (Å²) in [5, 5.41) is 0. The molecular weight excluding hydrogens is 309 g/mol. The number of rotatable bonds is 3. The number of hydrogen-bond acceptors (Lipinski definition) is 4. The van der Waals surface area contributed by atoms with Crippen LogP contribution in [-0.4, -0.2) is 45.6 Å². The van der Waals surface area contributed by atoms with Gasteiger partial charge >= 0.3 is 0 Å². The first-order chi connectivity index (χ1) is 9.33. The van der Waals surface area contributed by atoms with Crippen LogP contribution in [-0.2, 0) is 13.6 Å². The monoisotopic (exact) mass is 329 g/mol. The summed E-state index contributed by atoms with van der Waals surface area (Å²) in [6, 6.07) is 4.14. The number of piperazine rings is 1. The normalized spacial score (nSPS) is 15.2. The molecule has 116 valence electrons. The van der Waals surface area contributed by atoms with Crippen LogP contribution in [0.2, 0.25) is 0 Å². The van der Waals surface area contributed by atoms with Gasteiger partial charge in [-0.2, -0.15) is 0 Å². The first-order valence-electron chi connectivity index (χ1n) is 6.66. The second kappa shape index (κ2) is 8.22. The van der Waals surface area contributed by atoms with Gasteiger partial charge < -0.3 is 9.47 Å². The number of imidazole rings is 1. The van der Waals surface area contributed by atoms with Crippen LogP contribution in [0.25, 0.3) is 0 Å². The third-order valence-electron chi connectivity index (χ3n) is 3.58. The highest BCUT2D eigenvalue weighted by atomic mass is 35.5. The molecule has 0 saturated carbocycles. The summed E-state index contributed by atoms with van der Waals surface area (Å²) in [4.78, 5) is 13.4. The van der Waals surface area contributed by atoms with Crippen LogP contribution in [0.1, 0.15) is 5.56 Å². The number of halogens is 2. The molecule has 7 heteroatoms. The van der Waals surface area contributed by atoms with Crippen LogP contribution in [0.15, 0.2) is 36.9 Å². The van der Waals surface area contributed by atoms with Crippen molar-refractivity contribution in [2.24, 2.45) is 7.05 Å². The predicted molar refractivity (Wildman–Crippen MR) is 89.4 cm³/mol. The maximum Gasteiger partial charge on any atom is 0.205 e. The second-order valence-electron chi connectivity index (χ2n) is 4.96. The Morgan fingerprint density at radius 2 is 1.86 bits per heavy atom. The van der Waals surface area contributed by atoms with Crippen molar-refractivity contribution in [3.05, 3.63) is 42.5 Å². The zero-order chi connectivity index (χ0) is 13.1. The molecule has 0 aliphatic carbocycles. The molecule has 0 bridgehead atoms. The van der Waals surface area contributed by atoms with Crippen molar-refractivity contribution in [3.63, 3.8) is 0 Å². The van der Waals surface area contributed by atoms with Crippen LogP contribution in [0.5, 0.6) is 0 Å². The molecule has 3 heterocycles. The number of pyridine rings is 1. The predicted octanol–water partition coefficient (Wildman–Crippen LogP) is 1.98. The Morgan fingerprint density at radius 3 is 2.43 bits per heavy atom. The molecule has 0 spiro atoms. The molecule has 1 aliphatic rings. The molecule has 0 atom stereocenters. The van der Waals surface area contributed by atoms with Gasteiger partial charge in [0.15, 0.2) is 0 Å². The lowest BCUT2D eigenvalue weighted by molar-refractivity contribution is 0.248. The molecular formula is C14H21Cl2N5. The molecule has 0 N–H and O–H groups in total. The van der Waals surface area contributed by atoms with Gasteiger partial charge in [-0.3, -0.25) is 9.88 Å². The Labute approximate surface area is 137 Å². The highest BCUT2D eigenvalue weighted by molar-refractivity contribution is 5.85. The van der Waals surface area contributed by atoms with E-state index in [0.29, 0.717) is 0 Å². The van der Waals surface area contributed by atoms with Crippen molar-refractivity contribution in [1.82, 2.24) is 19.4 Å². The van der Waals surface area contributed by atoms with E-state index >= 15 is 0 Å². The Hall–Kier alpha value is -1.30. The minimum Gasteiger partial charge on any atom is -0.340 e. The maximum atomic E-state index is 4.41. The molecule has 2 aromatic heterocycles. The molecule has 3 rings (SSSR count). The van der Waals surface area contributed by atoms with E-state index in [1.807, 2.05) is 37.9 Å². The molecule has 0 amide bonds. The minimum absolute atomic E-state index is 0. The zero-order valence-corrected chi connectivity index (χ0v) is 13.7. The Balaban J connectivity index is 0.00000110. The van der Waals surface area contributed by atoms with E-state index in [0.717, 1.165) is 38.7 Å². The molecule has 2 aromatic rings. The summed E-state index contributed by atoms with van der Waals surface area (Å²) in [6.07, 6.45) is 7.63. The van der Waals surface area contributed by atoms with Gasteiger partial charge in [0, 0.05) is 64.6 Å². The summed E-state index contributed by atoms with van der Waals surface area (Å²) >= 11 is 0. The van der Waals surface area contributed by atoms with Gasteiger partial charge in [-0.1, -0.05) is 6.07 Å². The number of aryl methyl sites for hydroxylation is 1. The quantitative estimate of drug-likeness (QED) is 0.862. The Kier molecular flexibility index (Phi) is 6.95. The van der Waals surface area contributed by atoms with Crippen LogP contribution >= 0.6 is 24.8 Å². The van der Waals surface area contributed by atoms with Crippen molar-refractivity contribution >= 4 is 30.8 Å². The Morgan fingerprint density at radius 1 is 1.10 bits per heavy atom. The third kappa shape index (κ3) is 4.33. The number of aromatic nitrogens is 3. The zero-order valence-electron chi connectivity index (χ0n) is 12.1. The fourth-order valence-electron chi connectivity index (χ4n) is 2.52. The van der Waals surface area contributed by atoms with Crippen LogP contribution in [0.4, 0.5) is 5.95 Å². The summed E-state index contributed by atoms with van der Waals surface area (Å²) < 4.78 is 2.08. The lowest BCUT2D eigenvalue weighted by atomic mass is 10.2. The first kappa shape index (κ1) is 17.8. The van der Waals surface area contributed by atoms with Gasteiger partial charge in [0.05, 0.1) is 0 Å². The molecule has 1 saturated heterocycles. The van der Waals surface area contributed by atoms with E-state index in [1.165, 1.54) is 5.56 Å². The van der Waals surface area contributed by atoms with E-state index in [-0.39, 0.29) is 24.8 Å². The van der Waals surface area contributed by atoms with E-state index in [9.17, 15) is 0 Å². The van der Waals surface area contributed by atoms with Gasteiger partial charge in [0.25, 0.3) is 0 Å². The molecule has 0 radical (unpaired) electrons. The van der Waals surface area contributed by atoms with Gasteiger partial charge in [0.1, 0.15) is 0 Å². The molecule has 1 fully saturated rings. The summed E-state index contributed by atoms with van der Waals surface area (Å²) in [5.74, 6) is 1.07. The maximum absolute atomic E-state index is 4.41. The minimum atomic E-state index is 0. The summed E-state index contributed by atoms with van der Waals surface area (Å²) in [7, 11) is 2.05. The van der Waals surface area contributed by atoms with E-state index in [4.69, 9.17) is 0 Å². The molecule has 0 unspecified atom stereocenters. The fraction of sp³-hybridized carbons (Fsp3) is 0.429. The van der Waals surface area contributed by atoms with Crippen molar-refractivity contribution in [3.8, 4) is 0 Å². The summed E-state index contributed by atoms with van der Waals surface area (Å²) in [5.41, 5.74) is 1.29. The SMILES string of the molecule is Cl.Cl.Cn1ccnc1N1CCN(Cc2cccnc2)CC1. The average molecular weight is 330 g/mol. The molecule has 5 nitrogen and oxygen atoms in total. The van der Waals surface area contributed by atoms with E-state index < -0.39 is 0 Å². The highest BCUT2D eigenvalue weighted by Crippen LogP contribution is 2.14. The smallest absolute Gasteiger partial charge is 0.205 e. The van der Waals surface area contributed by atoms with Gasteiger partial charge in [0.2, 0.25) is 5.95 Å². The highest BCUT2D eigenvalue weighted by Gasteiger charge is 2.19. The third-order valence-corrected chi connectivity index (χ3v) is 3.58.